The van der Waals surface area contributed by atoms with Gasteiger partial charge < -0.3 is 20.5 Å². The molecule has 0 aliphatic rings. The predicted octanol–water partition coefficient (Wildman–Crippen LogP) is 4.73. The number of nitrogen functional groups attached to an aromatic ring is 1. The smallest absolute Gasteiger partial charge is 0.311 e. The van der Waals surface area contributed by atoms with Gasteiger partial charge in [0.25, 0.3) is 0 Å². The molecule has 170 valence electrons. The van der Waals surface area contributed by atoms with Crippen LogP contribution in [0.3, 0.4) is 0 Å². The molecule has 3 N–H and O–H groups in total. The highest BCUT2D eigenvalue weighted by Crippen LogP contribution is 2.41. The molecule has 1 heterocycles. The lowest BCUT2D eigenvalue weighted by atomic mass is 9.97. The molecule has 0 bridgehead atoms. The minimum atomic E-state index is -0.571. The Bertz CT molecular complexity index is 1220. The number of anilines is 2. The molecule has 0 spiro atoms. The minimum absolute atomic E-state index is 0.0178. The maximum absolute atomic E-state index is 11.6. The molecule has 3 aromatic rings. The number of benzene rings is 2. The zero-order chi connectivity index (χ0) is 24.1. The SMILES string of the molecule is CCCCOc1cc(O)c(-c2cc(-c3ccc(N(C)C)cc3)c(C#N)c(N)n2)cc1[N+](=O)[O-]. The summed E-state index contributed by atoms with van der Waals surface area (Å²) in [4.78, 5) is 17.3. The highest BCUT2D eigenvalue weighted by Gasteiger charge is 2.23. The first-order valence-electron chi connectivity index (χ1n) is 10.4. The Hall–Kier alpha value is -4.32. The summed E-state index contributed by atoms with van der Waals surface area (Å²) in [5.41, 5.74) is 8.49. The van der Waals surface area contributed by atoms with Crippen LogP contribution >= 0.6 is 0 Å². The molecule has 0 unspecified atom stereocenters. The van der Waals surface area contributed by atoms with Crippen LogP contribution in [0.5, 0.6) is 11.5 Å². The summed E-state index contributed by atoms with van der Waals surface area (Å²) in [6.45, 7) is 2.27. The summed E-state index contributed by atoms with van der Waals surface area (Å²) < 4.78 is 5.50. The van der Waals surface area contributed by atoms with E-state index in [2.05, 4.69) is 11.1 Å². The van der Waals surface area contributed by atoms with Gasteiger partial charge in [0.2, 0.25) is 5.75 Å². The second-order valence-corrected chi connectivity index (χ2v) is 7.66. The lowest BCUT2D eigenvalue weighted by molar-refractivity contribution is -0.385. The maximum atomic E-state index is 11.6. The lowest BCUT2D eigenvalue weighted by Crippen LogP contribution is -2.08. The number of unbranched alkanes of at least 4 members (excludes halogenated alkanes) is 1. The summed E-state index contributed by atoms with van der Waals surface area (Å²) >= 11 is 0. The van der Waals surface area contributed by atoms with Crippen molar-refractivity contribution >= 4 is 17.2 Å². The Morgan fingerprint density at radius 3 is 2.48 bits per heavy atom. The molecule has 0 atom stereocenters. The number of phenolic OH excluding ortho intramolecular Hbond substituents is 1. The van der Waals surface area contributed by atoms with Crippen molar-refractivity contribution in [3.8, 4) is 40.0 Å². The third kappa shape index (κ3) is 4.96. The van der Waals surface area contributed by atoms with E-state index in [1.54, 1.807) is 6.07 Å². The van der Waals surface area contributed by atoms with Crippen molar-refractivity contribution in [2.24, 2.45) is 0 Å². The number of hydrogen-bond acceptors (Lipinski definition) is 8. The van der Waals surface area contributed by atoms with E-state index in [0.717, 1.165) is 24.1 Å². The van der Waals surface area contributed by atoms with Gasteiger partial charge in [-0.25, -0.2) is 4.98 Å². The Morgan fingerprint density at radius 1 is 1.21 bits per heavy atom. The number of nitro benzene ring substituents is 1. The molecule has 0 fully saturated rings. The molecule has 0 saturated heterocycles. The number of nitrogens with two attached hydrogens (primary N) is 1. The van der Waals surface area contributed by atoms with Gasteiger partial charge in [0.1, 0.15) is 23.2 Å². The zero-order valence-electron chi connectivity index (χ0n) is 18.7. The van der Waals surface area contributed by atoms with Crippen molar-refractivity contribution in [2.75, 3.05) is 31.3 Å². The van der Waals surface area contributed by atoms with E-state index >= 15 is 0 Å². The fraction of sp³-hybridized carbons (Fsp3) is 0.250. The van der Waals surface area contributed by atoms with Crippen LogP contribution in [0, 0.1) is 21.4 Å². The van der Waals surface area contributed by atoms with Crippen molar-refractivity contribution in [3.63, 3.8) is 0 Å². The number of aromatic nitrogens is 1. The molecule has 0 amide bonds. The van der Waals surface area contributed by atoms with Crippen LogP contribution in [0.25, 0.3) is 22.4 Å². The van der Waals surface area contributed by atoms with Crippen LogP contribution < -0.4 is 15.4 Å². The number of nitro groups is 1. The normalized spacial score (nSPS) is 10.5. The fourth-order valence-electron chi connectivity index (χ4n) is 3.33. The Balaban J connectivity index is 2.14. The number of rotatable bonds is 8. The van der Waals surface area contributed by atoms with E-state index in [0.29, 0.717) is 12.2 Å². The fourth-order valence-corrected chi connectivity index (χ4v) is 3.33. The number of ether oxygens (including phenoxy) is 1. The lowest BCUT2D eigenvalue weighted by Gasteiger charge is -2.15. The quantitative estimate of drug-likeness (QED) is 0.287. The standard InChI is InChI=1S/C24H25N5O4/c1-4-5-10-33-23-13-22(30)18(12-21(23)29(31)32)20-11-17(19(14-25)24(26)27-20)15-6-8-16(9-7-15)28(2)3/h6-9,11-13,30H,4-5,10H2,1-3H3,(H2,26,27). The second-order valence-electron chi connectivity index (χ2n) is 7.66. The summed E-state index contributed by atoms with van der Waals surface area (Å²) in [5.74, 6) is -0.291. The van der Waals surface area contributed by atoms with Gasteiger partial charge >= 0.3 is 5.69 Å². The minimum Gasteiger partial charge on any atom is -0.507 e. The molecule has 0 radical (unpaired) electrons. The van der Waals surface area contributed by atoms with Crippen LogP contribution in [0.1, 0.15) is 25.3 Å². The molecule has 0 aliphatic heterocycles. The number of phenols is 1. The topological polar surface area (TPSA) is 139 Å². The number of hydrogen-bond donors (Lipinski definition) is 2. The average Bonchev–Trinajstić information content (AvgIpc) is 2.78. The molecule has 9 nitrogen and oxygen atoms in total. The number of nitriles is 1. The summed E-state index contributed by atoms with van der Waals surface area (Å²) in [5, 5.41) is 31.9. The van der Waals surface area contributed by atoms with Gasteiger partial charge in [-0.1, -0.05) is 25.5 Å². The second kappa shape index (κ2) is 9.87. The molecule has 2 aromatic carbocycles. The summed E-state index contributed by atoms with van der Waals surface area (Å²) in [6, 6.07) is 13.6. The molecule has 1 aromatic heterocycles. The first-order valence-corrected chi connectivity index (χ1v) is 10.4. The maximum Gasteiger partial charge on any atom is 0.311 e. The Labute approximate surface area is 191 Å². The predicted molar refractivity (Wildman–Crippen MR) is 127 cm³/mol. The van der Waals surface area contributed by atoms with E-state index in [1.807, 2.05) is 50.2 Å². The van der Waals surface area contributed by atoms with Crippen molar-refractivity contribution in [1.29, 1.82) is 5.26 Å². The number of aromatic hydroxyl groups is 1. The molecule has 9 heteroatoms. The van der Waals surface area contributed by atoms with E-state index in [-0.39, 0.29) is 39.8 Å². The molecular formula is C24H25N5O4. The van der Waals surface area contributed by atoms with Gasteiger partial charge in [-0.15, -0.1) is 0 Å². The van der Waals surface area contributed by atoms with Crippen LogP contribution in [0.4, 0.5) is 17.2 Å². The van der Waals surface area contributed by atoms with Gasteiger partial charge in [0, 0.05) is 43.0 Å². The zero-order valence-corrected chi connectivity index (χ0v) is 18.7. The highest BCUT2D eigenvalue weighted by molar-refractivity contribution is 5.83. The van der Waals surface area contributed by atoms with E-state index < -0.39 is 4.92 Å². The van der Waals surface area contributed by atoms with Gasteiger partial charge in [0.05, 0.1) is 17.2 Å². The van der Waals surface area contributed by atoms with Crippen molar-refractivity contribution < 1.29 is 14.8 Å². The Kier molecular flexibility index (Phi) is 6.98. The van der Waals surface area contributed by atoms with Gasteiger partial charge in [0.15, 0.2) is 0 Å². The average molecular weight is 447 g/mol. The van der Waals surface area contributed by atoms with Crippen LogP contribution in [-0.4, -0.2) is 35.7 Å². The van der Waals surface area contributed by atoms with Crippen molar-refractivity contribution in [2.45, 2.75) is 19.8 Å². The van der Waals surface area contributed by atoms with Crippen molar-refractivity contribution in [3.05, 3.63) is 58.1 Å². The van der Waals surface area contributed by atoms with Crippen LogP contribution in [0.2, 0.25) is 0 Å². The molecule has 33 heavy (non-hydrogen) atoms. The molecule has 3 rings (SSSR count). The van der Waals surface area contributed by atoms with E-state index in [1.165, 1.54) is 12.1 Å². The summed E-state index contributed by atoms with van der Waals surface area (Å²) in [7, 11) is 3.84. The summed E-state index contributed by atoms with van der Waals surface area (Å²) in [6.07, 6.45) is 1.59. The number of nitrogens with zero attached hydrogens (tertiary/aromatic N) is 4. The highest BCUT2D eigenvalue weighted by atomic mass is 16.6. The van der Waals surface area contributed by atoms with Crippen molar-refractivity contribution in [1.82, 2.24) is 4.98 Å². The Morgan fingerprint density at radius 2 is 1.91 bits per heavy atom. The molecule has 0 aliphatic carbocycles. The third-order valence-corrected chi connectivity index (χ3v) is 5.16. The van der Waals surface area contributed by atoms with E-state index in [4.69, 9.17) is 10.5 Å². The van der Waals surface area contributed by atoms with E-state index in [9.17, 15) is 20.5 Å². The van der Waals surface area contributed by atoms with Crippen LogP contribution in [-0.2, 0) is 0 Å². The van der Waals surface area contributed by atoms with Gasteiger partial charge in [-0.3, -0.25) is 10.1 Å². The largest absolute Gasteiger partial charge is 0.507 e. The monoisotopic (exact) mass is 447 g/mol. The first kappa shape index (κ1) is 23.3. The molecule has 0 saturated carbocycles. The van der Waals surface area contributed by atoms with Crippen LogP contribution in [0.15, 0.2) is 42.5 Å². The first-order chi connectivity index (χ1) is 15.8. The third-order valence-electron chi connectivity index (χ3n) is 5.16. The molecular weight excluding hydrogens is 422 g/mol. The number of pyridine rings is 1. The van der Waals surface area contributed by atoms with Gasteiger partial charge in [-0.05, 0) is 30.2 Å². The van der Waals surface area contributed by atoms with Gasteiger partial charge in [-0.2, -0.15) is 5.26 Å².